The zero-order valence-electron chi connectivity index (χ0n) is 18.8. The van der Waals surface area contributed by atoms with Crippen molar-refractivity contribution in [2.24, 2.45) is 10.9 Å². The van der Waals surface area contributed by atoms with Crippen LogP contribution in [0.5, 0.6) is 0 Å². The second-order valence-corrected chi connectivity index (χ2v) is 8.24. The highest BCUT2D eigenvalue weighted by Gasteiger charge is 2.20. The number of halogens is 1. The van der Waals surface area contributed by atoms with Crippen LogP contribution in [0.4, 0.5) is 0 Å². The predicted octanol–water partition coefficient (Wildman–Crippen LogP) is 4.29. The van der Waals surface area contributed by atoms with Crippen LogP contribution in [0.1, 0.15) is 30.9 Å². The lowest BCUT2D eigenvalue weighted by molar-refractivity contribution is 0.0930. The van der Waals surface area contributed by atoms with Crippen molar-refractivity contribution in [2.75, 3.05) is 33.3 Å². The van der Waals surface area contributed by atoms with Crippen molar-refractivity contribution in [3.05, 3.63) is 71.8 Å². The van der Waals surface area contributed by atoms with Gasteiger partial charge in [0.05, 0.1) is 13.2 Å². The number of hydrogen-bond acceptors (Lipinski definition) is 3. The molecule has 5 nitrogen and oxygen atoms in total. The molecule has 1 fully saturated rings. The average Bonchev–Trinajstić information content (AvgIpc) is 2.79. The number of aliphatic imine (C=N–C) groups is 1. The number of hydrogen-bond donors (Lipinski definition) is 2. The standard InChI is InChI=1S/C25H36N4O.HI/c1-21(19-30-20-23-11-7-4-8-12-23)17-27-25(26-2)28-24-13-15-29(16-14-24)18-22-9-5-3-6-10-22;/h3-12,21,24H,13-20H2,1-2H3,(H2,26,27,28);1H. The lowest BCUT2D eigenvalue weighted by atomic mass is 10.0. The molecule has 0 radical (unpaired) electrons. The summed E-state index contributed by atoms with van der Waals surface area (Å²) in [5, 5.41) is 7.06. The Hall–Kier alpha value is -1.64. The molecule has 170 valence electrons. The molecule has 0 aliphatic carbocycles. The van der Waals surface area contributed by atoms with Gasteiger partial charge in [0, 0.05) is 39.3 Å². The van der Waals surface area contributed by atoms with Crippen molar-refractivity contribution in [1.29, 1.82) is 0 Å². The molecule has 2 N–H and O–H groups in total. The van der Waals surface area contributed by atoms with E-state index in [1.807, 2.05) is 25.2 Å². The van der Waals surface area contributed by atoms with Crippen LogP contribution < -0.4 is 10.6 Å². The van der Waals surface area contributed by atoms with Crippen LogP contribution >= 0.6 is 24.0 Å². The maximum atomic E-state index is 5.85. The Morgan fingerprint density at radius 3 is 2.26 bits per heavy atom. The third-order valence-electron chi connectivity index (χ3n) is 5.53. The van der Waals surface area contributed by atoms with Crippen LogP contribution in [-0.4, -0.2) is 50.2 Å². The summed E-state index contributed by atoms with van der Waals surface area (Å²) in [7, 11) is 1.84. The molecular formula is C25H37IN4O. The summed E-state index contributed by atoms with van der Waals surface area (Å²) in [6, 6.07) is 21.5. The van der Waals surface area contributed by atoms with E-state index < -0.39 is 0 Å². The molecule has 1 aliphatic heterocycles. The van der Waals surface area contributed by atoms with E-state index in [1.54, 1.807) is 0 Å². The summed E-state index contributed by atoms with van der Waals surface area (Å²) in [4.78, 5) is 6.95. The molecular weight excluding hydrogens is 499 g/mol. The van der Waals surface area contributed by atoms with E-state index in [0.717, 1.165) is 51.6 Å². The van der Waals surface area contributed by atoms with Crippen molar-refractivity contribution in [3.8, 4) is 0 Å². The minimum absolute atomic E-state index is 0. The second kappa shape index (κ2) is 14.4. The summed E-state index contributed by atoms with van der Waals surface area (Å²) >= 11 is 0. The summed E-state index contributed by atoms with van der Waals surface area (Å²) in [5.41, 5.74) is 2.61. The minimum Gasteiger partial charge on any atom is -0.376 e. The highest BCUT2D eigenvalue weighted by Crippen LogP contribution is 2.13. The molecule has 2 aromatic rings. The monoisotopic (exact) mass is 536 g/mol. The Bertz CT molecular complexity index is 749. The van der Waals surface area contributed by atoms with Gasteiger partial charge in [-0.1, -0.05) is 67.6 Å². The Morgan fingerprint density at radius 1 is 1.03 bits per heavy atom. The summed E-state index contributed by atoms with van der Waals surface area (Å²) in [6.07, 6.45) is 2.28. The Morgan fingerprint density at radius 2 is 1.65 bits per heavy atom. The Labute approximate surface area is 204 Å². The van der Waals surface area contributed by atoms with E-state index in [0.29, 0.717) is 18.6 Å². The van der Waals surface area contributed by atoms with Gasteiger partial charge >= 0.3 is 0 Å². The summed E-state index contributed by atoms with van der Waals surface area (Å²) in [6.45, 7) is 7.73. The molecule has 0 aromatic heterocycles. The largest absolute Gasteiger partial charge is 0.376 e. The number of nitrogens with one attached hydrogen (secondary N) is 2. The van der Waals surface area contributed by atoms with Crippen LogP contribution in [0.25, 0.3) is 0 Å². The lowest BCUT2D eigenvalue weighted by Crippen LogP contribution is -2.49. The van der Waals surface area contributed by atoms with Crippen molar-refractivity contribution < 1.29 is 4.74 Å². The van der Waals surface area contributed by atoms with Gasteiger partial charge in [-0.15, -0.1) is 24.0 Å². The van der Waals surface area contributed by atoms with E-state index in [4.69, 9.17) is 4.74 Å². The molecule has 0 saturated carbocycles. The molecule has 1 saturated heterocycles. The second-order valence-electron chi connectivity index (χ2n) is 8.24. The van der Waals surface area contributed by atoms with Gasteiger partial charge in [0.25, 0.3) is 0 Å². The van der Waals surface area contributed by atoms with Gasteiger partial charge in [0.1, 0.15) is 0 Å². The van der Waals surface area contributed by atoms with E-state index in [-0.39, 0.29) is 24.0 Å². The highest BCUT2D eigenvalue weighted by atomic mass is 127. The molecule has 0 spiro atoms. The van der Waals surface area contributed by atoms with Crippen molar-refractivity contribution in [3.63, 3.8) is 0 Å². The minimum atomic E-state index is 0. The number of nitrogens with zero attached hydrogens (tertiary/aromatic N) is 2. The first-order valence-electron chi connectivity index (χ1n) is 11.1. The molecule has 3 rings (SSSR count). The molecule has 1 aliphatic rings. The van der Waals surface area contributed by atoms with Gasteiger partial charge < -0.3 is 15.4 Å². The Balaban J connectivity index is 0.00000341. The van der Waals surface area contributed by atoms with E-state index in [9.17, 15) is 0 Å². The quantitative estimate of drug-likeness (QED) is 0.285. The average molecular weight is 537 g/mol. The summed E-state index contributed by atoms with van der Waals surface area (Å²) < 4.78 is 5.85. The number of ether oxygens (including phenoxy) is 1. The third-order valence-corrected chi connectivity index (χ3v) is 5.53. The van der Waals surface area contributed by atoms with Crippen molar-refractivity contribution in [1.82, 2.24) is 15.5 Å². The van der Waals surface area contributed by atoms with Gasteiger partial charge in [-0.25, -0.2) is 0 Å². The zero-order valence-corrected chi connectivity index (χ0v) is 21.1. The fourth-order valence-corrected chi connectivity index (χ4v) is 3.75. The fraction of sp³-hybridized carbons (Fsp3) is 0.480. The Kier molecular flexibility index (Phi) is 11.9. The SMILES string of the molecule is CN=C(NCC(C)COCc1ccccc1)NC1CCN(Cc2ccccc2)CC1.I. The maximum Gasteiger partial charge on any atom is 0.191 e. The number of piperidine rings is 1. The van der Waals surface area contributed by atoms with Gasteiger partial charge in [-0.2, -0.15) is 0 Å². The van der Waals surface area contributed by atoms with Crippen LogP contribution in [0.2, 0.25) is 0 Å². The van der Waals surface area contributed by atoms with Gasteiger partial charge in [0.15, 0.2) is 5.96 Å². The number of benzene rings is 2. The normalized spacial score (nSPS) is 16.4. The molecule has 1 heterocycles. The van der Waals surface area contributed by atoms with Crippen LogP contribution in [0.3, 0.4) is 0 Å². The molecule has 31 heavy (non-hydrogen) atoms. The first kappa shape index (κ1) is 25.6. The van der Waals surface area contributed by atoms with Crippen LogP contribution in [0.15, 0.2) is 65.7 Å². The number of rotatable bonds is 9. The lowest BCUT2D eigenvalue weighted by Gasteiger charge is -2.33. The van der Waals surface area contributed by atoms with Crippen molar-refractivity contribution in [2.45, 2.75) is 39.0 Å². The predicted molar refractivity (Wildman–Crippen MR) is 140 cm³/mol. The highest BCUT2D eigenvalue weighted by molar-refractivity contribution is 14.0. The first-order valence-corrected chi connectivity index (χ1v) is 11.1. The van der Waals surface area contributed by atoms with Crippen LogP contribution in [0, 0.1) is 5.92 Å². The van der Waals surface area contributed by atoms with E-state index >= 15 is 0 Å². The van der Waals surface area contributed by atoms with E-state index in [1.165, 1.54) is 11.1 Å². The number of likely N-dealkylation sites (tertiary alicyclic amines) is 1. The molecule has 1 unspecified atom stereocenters. The fourth-order valence-electron chi connectivity index (χ4n) is 3.75. The van der Waals surface area contributed by atoms with E-state index in [2.05, 4.69) is 69.9 Å². The third kappa shape index (κ3) is 9.58. The summed E-state index contributed by atoms with van der Waals surface area (Å²) in [5.74, 6) is 1.31. The zero-order chi connectivity index (χ0) is 21.0. The molecule has 1 atom stereocenters. The van der Waals surface area contributed by atoms with Gasteiger partial charge in [0.2, 0.25) is 0 Å². The molecule has 6 heteroatoms. The molecule has 0 bridgehead atoms. The van der Waals surface area contributed by atoms with Gasteiger partial charge in [-0.05, 0) is 29.9 Å². The van der Waals surface area contributed by atoms with Gasteiger partial charge in [-0.3, -0.25) is 9.89 Å². The van der Waals surface area contributed by atoms with Crippen LogP contribution in [-0.2, 0) is 17.9 Å². The topological polar surface area (TPSA) is 48.9 Å². The first-order chi connectivity index (χ1) is 14.7. The number of guanidine groups is 1. The smallest absolute Gasteiger partial charge is 0.191 e. The van der Waals surface area contributed by atoms with Crippen molar-refractivity contribution >= 4 is 29.9 Å². The molecule has 0 amide bonds. The molecule has 2 aromatic carbocycles. The maximum absolute atomic E-state index is 5.85.